The zero-order chi connectivity index (χ0) is 27.3. The molecule has 2 aromatic heterocycles. The maximum atomic E-state index is 13.4. The van der Waals surface area contributed by atoms with Crippen molar-refractivity contribution in [3.05, 3.63) is 76.1 Å². The fourth-order valence-corrected chi connectivity index (χ4v) is 6.06. The molecule has 4 heterocycles. The molecule has 10 heteroatoms. The Balaban J connectivity index is 1.09. The summed E-state index contributed by atoms with van der Waals surface area (Å²) in [6, 6.07) is 14.4. The molecule has 206 valence electrons. The SMILES string of the molecule is Fc1cccc(COc2ccc(Nc3ncnc4sc(C#C[C@H]5CC[C@H](CN6CCOCC6)N5)cc34)cc2Cl)c1. The summed E-state index contributed by atoms with van der Waals surface area (Å²) < 4.78 is 24.7. The van der Waals surface area contributed by atoms with Crippen molar-refractivity contribution in [2.45, 2.75) is 31.5 Å². The van der Waals surface area contributed by atoms with E-state index >= 15 is 0 Å². The van der Waals surface area contributed by atoms with Gasteiger partial charge in [0.15, 0.2) is 0 Å². The van der Waals surface area contributed by atoms with Gasteiger partial charge in [-0.3, -0.25) is 10.2 Å². The van der Waals surface area contributed by atoms with E-state index in [2.05, 4.69) is 37.3 Å². The second-order valence-electron chi connectivity index (χ2n) is 9.92. The Kier molecular flexibility index (Phi) is 8.42. The lowest BCUT2D eigenvalue weighted by molar-refractivity contribution is 0.0343. The summed E-state index contributed by atoms with van der Waals surface area (Å²) >= 11 is 8.04. The molecule has 0 aliphatic carbocycles. The number of morpholine rings is 1. The Morgan fingerprint density at radius 3 is 2.90 bits per heavy atom. The maximum Gasteiger partial charge on any atom is 0.142 e. The molecule has 2 aliphatic rings. The highest BCUT2D eigenvalue weighted by molar-refractivity contribution is 7.19. The van der Waals surface area contributed by atoms with Crippen molar-refractivity contribution < 1.29 is 13.9 Å². The molecule has 0 amide bonds. The van der Waals surface area contributed by atoms with E-state index in [0.717, 1.165) is 72.0 Å². The van der Waals surface area contributed by atoms with E-state index in [4.69, 9.17) is 21.1 Å². The number of hydrogen-bond acceptors (Lipinski definition) is 8. The Morgan fingerprint density at radius 1 is 1.15 bits per heavy atom. The molecule has 0 radical (unpaired) electrons. The monoisotopic (exact) mass is 577 g/mol. The normalized spacial score (nSPS) is 19.4. The van der Waals surface area contributed by atoms with Gasteiger partial charge in [-0.05, 0) is 54.8 Å². The third kappa shape index (κ3) is 6.72. The number of halogens is 2. The standard InChI is InChI=1S/C30H29ClFN5O2S/c31-27-15-23(7-9-28(27)39-18-20-2-1-3-21(32)14-20)36-29-26-16-25(40-30(26)34-19-33-29)8-6-22-4-5-24(35-22)17-37-10-12-38-13-11-37/h1-3,7,9,14-16,19,22,24,35H,4-5,10-13,17-18H2,(H,33,34,36)/t22-,24-/m1/s1. The Hall–Kier alpha value is -3.26. The van der Waals surface area contributed by atoms with Gasteiger partial charge in [0.1, 0.15) is 35.1 Å². The van der Waals surface area contributed by atoms with Gasteiger partial charge >= 0.3 is 0 Å². The molecule has 2 aliphatic heterocycles. The average molecular weight is 578 g/mol. The molecule has 7 nitrogen and oxygen atoms in total. The van der Waals surface area contributed by atoms with Crippen LogP contribution in [0.15, 0.2) is 54.9 Å². The largest absolute Gasteiger partial charge is 0.487 e. The number of hydrogen-bond donors (Lipinski definition) is 2. The summed E-state index contributed by atoms with van der Waals surface area (Å²) in [5, 5.41) is 8.38. The zero-order valence-electron chi connectivity index (χ0n) is 21.8. The molecule has 0 bridgehead atoms. The molecule has 2 atom stereocenters. The zero-order valence-corrected chi connectivity index (χ0v) is 23.4. The molecule has 2 N–H and O–H groups in total. The van der Waals surface area contributed by atoms with Crippen LogP contribution in [0.2, 0.25) is 5.02 Å². The lowest BCUT2D eigenvalue weighted by atomic mass is 10.2. The van der Waals surface area contributed by atoms with Crippen molar-refractivity contribution >= 4 is 44.7 Å². The van der Waals surface area contributed by atoms with Crippen LogP contribution in [-0.4, -0.2) is 59.8 Å². The van der Waals surface area contributed by atoms with Gasteiger partial charge in [-0.25, -0.2) is 14.4 Å². The van der Waals surface area contributed by atoms with E-state index in [9.17, 15) is 4.39 Å². The number of fused-ring (bicyclic) bond motifs is 1. The molecule has 2 saturated heterocycles. The van der Waals surface area contributed by atoms with Crippen molar-refractivity contribution in [1.29, 1.82) is 0 Å². The number of nitrogens with one attached hydrogen (secondary N) is 2. The lowest BCUT2D eigenvalue weighted by Gasteiger charge is -2.29. The molecule has 0 unspecified atom stereocenters. The van der Waals surface area contributed by atoms with Gasteiger partial charge in [-0.15, -0.1) is 11.3 Å². The van der Waals surface area contributed by atoms with Crippen LogP contribution < -0.4 is 15.4 Å². The van der Waals surface area contributed by atoms with Crippen molar-refractivity contribution in [1.82, 2.24) is 20.2 Å². The number of aromatic nitrogens is 2. The van der Waals surface area contributed by atoms with Crippen molar-refractivity contribution in [2.75, 3.05) is 38.2 Å². The summed E-state index contributed by atoms with van der Waals surface area (Å²) in [7, 11) is 0. The third-order valence-corrected chi connectivity index (χ3v) is 8.25. The third-order valence-electron chi connectivity index (χ3n) is 7.00. The molecular weight excluding hydrogens is 549 g/mol. The predicted octanol–water partition coefficient (Wildman–Crippen LogP) is 5.61. The van der Waals surface area contributed by atoms with E-state index in [0.29, 0.717) is 22.6 Å². The molecule has 4 aromatic rings. The van der Waals surface area contributed by atoms with E-state index < -0.39 is 0 Å². The number of nitrogens with zero attached hydrogens (tertiary/aromatic N) is 3. The van der Waals surface area contributed by atoms with Crippen molar-refractivity contribution in [3.63, 3.8) is 0 Å². The van der Waals surface area contributed by atoms with E-state index in [1.165, 1.54) is 12.1 Å². The molecular formula is C30H29ClFN5O2S. The van der Waals surface area contributed by atoms with Gasteiger partial charge in [0.2, 0.25) is 0 Å². The molecule has 6 rings (SSSR count). The van der Waals surface area contributed by atoms with Crippen LogP contribution in [0.5, 0.6) is 5.75 Å². The summed E-state index contributed by atoms with van der Waals surface area (Å²) in [5.74, 6) is 7.68. The van der Waals surface area contributed by atoms with Gasteiger partial charge in [-0.1, -0.05) is 35.6 Å². The fraction of sp³-hybridized carbons (Fsp3) is 0.333. The summed E-state index contributed by atoms with van der Waals surface area (Å²) in [4.78, 5) is 13.2. The molecule has 0 saturated carbocycles. The first kappa shape index (κ1) is 26.9. The molecule has 0 spiro atoms. The maximum absolute atomic E-state index is 13.4. The van der Waals surface area contributed by atoms with Crippen LogP contribution in [0, 0.1) is 17.7 Å². The average Bonchev–Trinajstić information content (AvgIpc) is 3.59. The van der Waals surface area contributed by atoms with E-state index in [1.807, 2.05) is 12.1 Å². The van der Waals surface area contributed by atoms with Gasteiger partial charge in [0.05, 0.1) is 34.5 Å². The minimum Gasteiger partial charge on any atom is -0.487 e. The molecule has 40 heavy (non-hydrogen) atoms. The molecule has 2 aromatic carbocycles. The van der Waals surface area contributed by atoms with Gasteiger partial charge in [-0.2, -0.15) is 0 Å². The summed E-state index contributed by atoms with van der Waals surface area (Å²) in [6.45, 7) is 4.95. The Labute approximate surface area is 241 Å². The number of ether oxygens (including phenoxy) is 2. The van der Waals surface area contributed by atoms with Crippen LogP contribution in [0.3, 0.4) is 0 Å². The van der Waals surface area contributed by atoms with Crippen LogP contribution in [0.4, 0.5) is 15.9 Å². The Morgan fingerprint density at radius 2 is 2.05 bits per heavy atom. The highest BCUT2D eigenvalue weighted by Gasteiger charge is 2.25. The van der Waals surface area contributed by atoms with Crippen LogP contribution >= 0.6 is 22.9 Å². The highest BCUT2D eigenvalue weighted by atomic mass is 35.5. The fourth-order valence-electron chi connectivity index (χ4n) is 4.97. The van der Waals surface area contributed by atoms with E-state index in [1.54, 1.807) is 41.9 Å². The van der Waals surface area contributed by atoms with Crippen molar-refractivity contribution in [2.24, 2.45) is 0 Å². The summed E-state index contributed by atoms with van der Waals surface area (Å²) in [5.41, 5.74) is 1.50. The topological polar surface area (TPSA) is 71.5 Å². The minimum absolute atomic E-state index is 0.198. The summed E-state index contributed by atoms with van der Waals surface area (Å²) in [6.07, 6.45) is 3.74. The second kappa shape index (κ2) is 12.5. The van der Waals surface area contributed by atoms with E-state index in [-0.39, 0.29) is 18.5 Å². The first-order valence-electron chi connectivity index (χ1n) is 13.3. The number of benzene rings is 2. The van der Waals surface area contributed by atoms with Crippen LogP contribution in [-0.2, 0) is 11.3 Å². The second-order valence-corrected chi connectivity index (χ2v) is 11.4. The van der Waals surface area contributed by atoms with Crippen molar-refractivity contribution in [3.8, 4) is 17.6 Å². The quantitative estimate of drug-likeness (QED) is 0.277. The van der Waals surface area contributed by atoms with Crippen LogP contribution in [0.25, 0.3) is 10.2 Å². The molecule has 2 fully saturated rings. The number of thiophene rings is 1. The van der Waals surface area contributed by atoms with Gasteiger partial charge in [0.25, 0.3) is 0 Å². The Bertz CT molecular complexity index is 1550. The smallest absolute Gasteiger partial charge is 0.142 e. The first-order valence-corrected chi connectivity index (χ1v) is 14.5. The van der Waals surface area contributed by atoms with Gasteiger partial charge in [0, 0.05) is 31.4 Å². The van der Waals surface area contributed by atoms with Gasteiger partial charge < -0.3 is 14.8 Å². The predicted molar refractivity (Wildman–Crippen MR) is 157 cm³/mol. The highest BCUT2D eigenvalue weighted by Crippen LogP contribution is 2.33. The van der Waals surface area contributed by atoms with Crippen LogP contribution in [0.1, 0.15) is 23.3 Å². The lowest BCUT2D eigenvalue weighted by Crippen LogP contribution is -2.44. The number of rotatable bonds is 7. The first-order chi connectivity index (χ1) is 19.6. The minimum atomic E-state index is -0.297. The number of anilines is 2.